The zero-order chi connectivity index (χ0) is 53.3. The van der Waals surface area contributed by atoms with Gasteiger partial charge in [-0.15, -0.1) is 0 Å². The van der Waals surface area contributed by atoms with Crippen molar-refractivity contribution in [3.63, 3.8) is 0 Å². The van der Waals surface area contributed by atoms with Gasteiger partial charge >= 0.3 is 17.9 Å². The summed E-state index contributed by atoms with van der Waals surface area (Å²) in [5, 5.41) is 0. The van der Waals surface area contributed by atoms with E-state index in [0.717, 1.165) is 75.5 Å². The van der Waals surface area contributed by atoms with Crippen molar-refractivity contribution in [1.29, 1.82) is 0 Å². The van der Waals surface area contributed by atoms with Gasteiger partial charge in [0.1, 0.15) is 13.2 Å². The van der Waals surface area contributed by atoms with Crippen LogP contribution in [0.3, 0.4) is 0 Å². The number of ether oxygens (including phenoxy) is 3. The predicted octanol–water partition coefficient (Wildman–Crippen LogP) is 22.2. The maximum absolute atomic E-state index is 12.9. The summed E-state index contributed by atoms with van der Waals surface area (Å²) >= 11 is 0. The molecule has 0 aliphatic heterocycles. The van der Waals surface area contributed by atoms with Crippen LogP contribution in [0, 0.1) is 17.8 Å². The van der Waals surface area contributed by atoms with Gasteiger partial charge in [-0.2, -0.15) is 0 Å². The minimum absolute atomic E-state index is 0.0623. The third-order valence-electron chi connectivity index (χ3n) is 15.4. The summed E-state index contributed by atoms with van der Waals surface area (Å²) in [4.78, 5) is 38.4. The summed E-state index contributed by atoms with van der Waals surface area (Å²) in [6.07, 6.45) is 63.9. The molecule has 0 unspecified atom stereocenters. The second kappa shape index (κ2) is 58.1. The minimum Gasteiger partial charge on any atom is -0.462 e. The van der Waals surface area contributed by atoms with Gasteiger partial charge in [-0.1, -0.05) is 337 Å². The van der Waals surface area contributed by atoms with E-state index in [1.54, 1.807) is 0 Å². The number of hydrogen-bond acceptors (Lipinski definition) is 6. The summed E-state index contributed by atoms with van der Waals surface area (Å²) in [6.45, 7) is 13.8. The topological polar surface area (TPSA) is 78.9 Å². The number of rotatable bonds is 60. The van der Waals surface area contributed by atoms with Crippen molar-refractivity contribution in [2.45, 2.75) is 382 Å². The Bertz CT molecular complexity index is 1130. The maximum atomic E-state index is 12.9. The lowest BCUT2D eigenvalue weighted by atomic mass is 10.0. The smallest absolute Gasteiger partial charge is 0.306 e. The standard InChI is InChI=1S/C67H130O6/c1-61(2)53-47-41-35-29-23-17-12-9-7-8-10-14-21-28-34-40-46-52-58-67(70)73-64(60-72-66(69)57-51-45-39-33-27-22-16-19-25-31-37-43-49-55-63(5)6)59-71-65(68)56-50-44-38-32-26-20-15-11-13-18-24-30-36-42-48-54-62(3)4/h61-64H,7-60H2,1-6H3/t64-/m0/s1. The van der Waals surface area contributed by atoms with Gasteiger partial charge in [0.05, 0.1) is 0 Å². The lowest BCUT2D eigenvalue weighted by Crippen LogP contribution is -2.30. The first-order valence-corrected chi connectivity index (χ1v) is 33.1. The number of esters is 3. The molecule has 0 saturated heterocycles. The molecule has 6 nitrogen and oxygen atoms in total. The van der Waals surface area contributed by atoms with Crippen LogP contribution >= 0.6 is 0 Å². The molecular formula is C67H130O6. The van der Waals surface area contributed by atoms with Crippen LogP contribution in [-0.2, 0) is 28.6 Å². The van der Waals surface area contributed by atoms with E-state index in [1.807, 2.05) is 0 Å². The normalized spacial score (nSPS) is 12.1. The zero-order valence-corrected chi connectivity index (χ0v) is 50.4. The van der Waals surface area contributed by atoms with Crippen LogP contribution in [0.5, 0.6) is 0 Å². The largest absolute Gasteiger partial charge is 0.462 e. The van der Waals surface area contributed by atoms with Crippen molar-refractivity contribution in [3.8, 4) is 0 Å². The highest BCUT2D eigenvalue weighted by Gasteiger charge is 2.19. The second-order valence-electron chi connectivity index (χ2n) is 24.5. The summed E-state index contributed by atoms with van der Waals surface area (Å²) in [7, 11) is 0. The van der Waals surface area contributed by atoms with E-state index < -0.39 is 6.10 Å². The first kappa shape index (κ1) is 71.4. The molecule has 0 bridgehead atoms. The highest BCUT2D eigenvalue weighted by Crippen LogP contribution is 2.19. The molecule has 0 aromatic carbocycles. The number of carbonyl (C=O) groups is 3. The van der Waals surface area contributed by atoms with Crippen molar-refractivity contribution < 1.29 is 28.6 Å². The summed E-state index contributed by atoms with van der Waals surface area (Å²) in [5.74, 6) is 1.71. The molecule has 73 heavy (non-hydrogen) atoms. The summed E-state index contributed by atoms with van der Waals surface area (Å²) in [6, 6.07) is 0. The van der Waals surface area contributed by atoms with Crippen LogP contribution in [0.2, 0.25) is 0 Å². The van der Waals surface area contributed by atoms with E-state index in [4.69, 9.17) is 14.2 Å². The molecule has 0 aromatic rings. The average Bonchev–Trinajstić information content (AvgIpc) is 3.35. The molecule has 0 aliphatic carbocycles. The lowest BCUT2D eigenvalue weighted by Gasteiger charge is -2.18. The third-order valence-corrected chi connectivity index (χ3v) is 15.4. The molecule has 0 fully saturated rings. The van der Waals surface area contributed by atoms with Gasteiger partial charge in [-0.3, -0.25) is 14.4 Å². The molecule has 0 spiro atoms. The van der Waals surface area contributed by atoms with Crippen molar-refractivity contribution in [2.24, 2.45) is 17.8 Å². The second-order valence-corrected chi connectivity index (χ2v) is 24.5. The van der Waals surface area contributed by atoms with E-state index >= 15 is 0 Å². The number of carbonyl (C=O) groups excluding carboxylic acids is 3. The van der Waals surface area contributed by atoms with Gasteiger partial charge < -0.3 is 14.2 Å². The maximum Gasteiger partial charge on any atom is 0.306 e. The van der Waals surface area contributed by atoms with Gasteiger partial charge in [0.15, 0.2) is 6.10 Å². The van der Waals surface area contributed by atoms with Crippen LogP contribution in [0.15, 0.2) is 0 Å². The molecule has 1 atom stereocenters. The molecule has 0 rings (SSSR count). The van der Waals surface area contributed by atoms with Crippen LogP contribution in [0.25, 0.3) is 0 Å². The zero-order valence-electron chi connectivity index (χ0n) is 50.4. The molecular weight excluding hydrogens is 901 g/mol. The molecule has 0 radical (unpaired) electrons. The van der Waals surface area contributed by atoms with Crippen molar-refractivity contribution in [2.75, 3.05) is 13.2 Å². The molecule has 434 valence electrons. The number of unbranched alkanes of at least 4 members (excludes halogenated alkanes) is 43. The Morgan fingerprint density at radius 3 is 0.589 bits per heavy atom. The average molecular weight is 1030 g/mol. The van der Waals surface area contributed by atoms with Crippen LogP contribution in [-0.4, -0.2) is 37.2 Å². The monoisotopic (exact) mass is 1030 g/mol. The van der Waals surface area contributed by atoms with Gasteiger partial charge in [-0.05, 0) is 37.0 Å². The Hall–Kier alpha value is -1.59. The van der Waals surface area contributed by atoms with Crippen LogP contribution < -0.4 is 0 Å². The quantitative estimate of drug-likeness (QED) is 0.0343. The summed E-state index contributed by atoms with van der Waals surface area (Å²) < 4.78 is 17.0. The Morgan fingerprint density at radius 2 is 0.397 bits per heavy atom. The SMILES string of the molecule is CC(C)CCCCCCCCCCCCCCCCCCCCC(=O)O[C@@H](COC(=O)CCCCCCCCCCCCCCCCCC(C)C)COC(=O)CCCCCCCCCCCCCCCC(C)C. The molecule has 0 saturated carbocycles. The van der Waals surface area contributed by atoms with E-state index in [1.165, 1.54) is 257 Å². The van der Waals surface area contributed by atoms with E-state index in [0.29, 0.717) is 19.3 Å². The van der Waals surface area contributed by atoms with Gasteiger partial charge in [0.2, 0.25) is 0 Å². The Morgan fingerprint density at radius 1 is 0.233 bits per heavy atom. The number of hydrogen-bond donors (Lipinski definition) is 0. The molecule has 6 heteroatoms. The summed E-state index contributed by atoms with van der Waals surface area (Å²) in [5.41, 5.74) is 0. The van der Waals surface area contributed by atoms with Gasteiger partial charge in [0, 0.05) is 19.3 Å². The molecule has 0 amide bonds. The van der Waals surface area contributed by atoms with Gasteiger partial charge in [-0.25, -0.2) is 0 Å². The Labute approximate surface area is 457 Å². The molecule has 0 N–H and O–H groups in total. The highest BCUT2D eigenvalue weighted by molar-refractivity contribution is 5.71. The predicted molar refractivity (Wildman–Crippen MR) is 316 cm³/mol. The fraction of sp³-hybridized carbons (Fsp3) is 0.955. The van der Waals surface area contributed by atoms with E-state index in [9.17, 15) is 14.4 Å². The van der Waals surface area contributed by atoms with Crippen molar-refractivity contribution >= 4 is 17.9 Å². The Kier molecular flexibility index (Phi) is 56.8. The first-order valence-electron chi connectivity index (χ1n) is 33.1. The van der Waals surface area contributed by atoms with Gasteiger partial charge in [0.25, 0.3) is 0 Å². The van der Waals surface area contributed by atoms with E-state index in [-0.39, 0.29) is 31.1 Å². The fourth-order valence-electron chi connectivity index (χ4n) is 10.4. The fourth-order valence-corrected chi connectivity index (χ4v) is 10.4. The third kappa shape index (κ3) is 61.1. The highest BCUT2D eigenvalue weighted by atomic mass is 16.6. The van der Waals surface area contributed by atoms with E-state index in [2.05, 4.69) is 41.5 Å². The molecule has 0 heterocycles. The van der Waals surface area contributed by atoms with Crippen LogP contribution in [0.4, 0.5) is 0 Å². The van der Waals surface area contributed by atoms with Crippen molar-refractivity contribution in [1.82, 2.24) is 0 Å². The minimum atomic E-state index is -0.765. The van der Waals surface area contributed by atoms with Crippen molar-refractivity contribution in [3.05, 3.63) is 0 Å². The lowest BCUT2D eigenvalue weighted by molar-refractivity contribution is -0.167. The molecule has 0 aromatic heterocycles. The molecule has 0 aliphatic rings. The Balaban J connectivity index is 4.28. The first-order chi connectivity index (χ1) is 35.6. The van der Waals surface area contributed by atoms with Crippen LogP contribution in [0.1, 0.15) is 375 Å².